The first-order valence-corrected chi connectivity index (χ1v) is 7.74. The van der Waals surface area contributed by atoms with E-state index in [-0.39, 0.29) is 23.7 Å². The summed E-state index contributed by atoms with van der Waals surface area (Å²) in [7, 11) is 0. The summed E-state index contributed by atoms with van der Waals surface area (Å²) in [6.45, 7) is 4.51. The Morgan fingerprint density at radius 3 is 2.86 bits per heavy atom. The number of rotatable bonds is 4. The van der Waals surface area contributed by atoms with E-state index in [1.54, 1.807) is 17.6 Å². The highest BCUT2D eigenvalue weighted by Gasteiger charge is 2.17. The van der Waals surface area contributed by atoms with Crippen molar-refractivity contribution in [1.29, 1.82) is 0 Å². The van der Waals surface area contributed by atoms with Gasteiger partial charge in [-0.15, -0.1) is 23.7 Å². The molecule has 3 heterocycles. The minimum Gasteiger partial charge on any atom is -0.467 e. The minimum absolute atomic E-state index is 0. The second-order valence-electron chi connectivity index (χ2n) is 4.83. The van der Waals surface area contributed by atoms with Crippen molar-refractivity contribution in [2.24, 2.45) is 5.73 Å². The van der Waals surface area contributed by atoms with Gasteiger partial charge in [0.05, 0.1) is 23.0 Å². The highest BCUT2D eigenvalue weighted by molar-refractivity contribution is 7.19. The molecule has 0 saturated carbocycles. The monoisotopic (exact) mass is 358 g/mol. The maximum Gasteiger partial charge on any atom is 0.224 e. The van der Waals surface area contributed by atoms with Crippen molar-refractivity contribution in [2.75, 3.05) is 5.32 Å². The van der Waals surface area contributed by atoms with E-state index in [2.05, 4.69) is 15.3 Å². The molecule has 5 nitrogen and oxygen atoms in total. The zero-order valence-corrected chi connectivity index (χ0v) is 14.5. The number of furan rings is 1. The predicted molar refractivity (Wildman–Crippen MR) is 93.0 cm³/mol. The van der Waals surface area contributed by atoms with Crippen LogP contribution in [0.25, 0.3) is 10.2 Å². The van der Waals surface area contributed by atoms with E-state index in [4.69, 9.17) is 21.8 Å². The van der Waals surface area contributed by atoms with Crippen molar-refractivity contribution in [3.63, 3.8) is 0 Å². The van der Waals surface area contributed by atoms with Crippen molar-refractivity contribution in [3.05, 3.63) is 39.9 Å². The van der Waals surface area contributed by atoms with Gasteiger partial charge in [-0.05, 0) is 43.1 Å². The molecule has 22 heavy (non-hydrogen) atoms. The summed E-state index contributed by atoms with van der Waals surface area (Å²) in [4.78, 5) is 9.71. The van der Waals surface area contributed by atoms with E-state index in [9.17, 15) is 0 Å². The molecule has 1 unspecified atom stereocenters. The number of hydrogen-bond acceptors (Lipinski definition) is 6. The van der Waals surface area contributed by atoms with Crippen molar-refractivity contribution in [2.45, 2.75) is 26.4 Å². The maximum atomic E-state index is 6.03. The van der Waals surface area contributed by atoms with Gasteiger partial charge in [-0.1, -0.05) is 0 Å². The molecular weight excluding hydrogens is 343 g/mol. The van der Waals surface area contributed by atoms with E-state index < -0.39 is 0 Å². The van der Waals surface area contributed by atoms with Gasteiger partial charge in [-0.2, -0.15) is 4.98 Å². The highest BCUT2D eigenvalue weighted by atomic mass is 35.5. The van der Waals surface area contributed by atoms with Crippen LogP contribution in [-0.2, 0) is 6.54 Å². The number of nitrogens with two attached hydrogens (primary N) is 1. The van der Waals surface area contributed by atoms with E-state index >= 15 is 0 Å². The fourth-order valence-corrected chi connectivity index (χ4v) is 3.55. The van der Waals surface area contributed by atoms with Gasteiger partial charge < -0.3 is 15.5 Å². The lowest BCUT2D eigenvalue weighted by atomic mass is 10.2. The van der Waals surface area contributed by atoms with Crippen LogP contribution in [-0.4, -0.2) is 9.97 Å². The van der Waals surface area contributed by atoms with Crippen LogP contribution in [0.2, 0.25) is 5.28 Å². The number of nitrogens with zero attached hydrogens (tertiary/aromatic N) is 2. The molecule has 0 bridgehead atoms. The molecule has 0 fully saturated rings. The van der Waals surface area contributed by atoms with Crippen LogP contribution in [0.1, 0.15) is 29.2 Å². The molecule has 8 heteroatoms. The van der Waals surface area contributed by atoms with Crippen LogP contribution >= 0.6 is 35.3 Å². The lowest BCUT2D eigenvalue weighted by molar-refractivity contribution is 0.518. The Balaban J connectivity index is 0.00000176. The van der Waals surface area contributed by atoms with Crippen LogP contribution in [0.3, 0.4) is 0 Å². The molecular formula is C14H16Cl2N4OS. The zero-order valence-electron chi connectivity index (χ0n) is 12.1. The van der Waals surface area contributed by atoms with E-state index in [1.807, 2.05) is 26.0 Å². The molecule has 118 valence electrons. The molecule has 1 atom stereocenters. The number of halogens is 2. The summed E-state index contributed by atoms with van der Waals surface area (Å²) in [6.07, 6.45) is 1.64. The largest absolute Gasteiger partial charge is 0.467 e. The minimum atomic E-state index is -0.0408. The molecule has 0 aliphatic rings. The SMILES string of the molecule is Cc1c(C(C)N)sc2c(NCc3ccco3)nc(Cl)nc12.Cl. The summed E-state index contributed by atoms with van der Waals surface area (Å²) in [5, 5.41) is 3.47. The van der Waals surface area contributed by atoms with Crippen molar-refractivity contribution in [3.8, 4) is 0 Å². The Kier molecular flexibility index (Phi) is 5.28. The average Bonchev–Trinajstić information content (AvgIpc) is 3.05. The van der Waals surface area contributed by atoms with Crippen LogP contribution < -0.4 is 11.1 Å². The predicted octanol–water partition coefficient (Wildman–Crippen LogP) is 4.30. The second kappa shape index (κ2) is 6.83. The van der Waals surface area contributed by atoms with Crippen LogP contribution in [0, 0.1) is 6.92 Å². The first-order chi connectivity index (χ1) is 10.1. The summed E-state index contributed by atoms with van der Waals surface area (Å²) in [6, 6.07) is 3.71. The Bertz CT molecular complexity index is 771. The number of thiophene rings is 1. The van der Waals surface area contributed by atoms with Gasteiger partial charge in [-0.3, -0.25) is 0 Å². The normalized spacial score (nSPS) is 12.2. The van der Waals surface area contributed by atoms with Gasteiger partial charge in [0.1, 0.15) is 11.6 Å². The highest BCUT2D eigenvalue weighted by Crippen LogP contribution is 2.37. The summed E-state index contributed by atoms with van der Waals surface area (Å²) in [5.74, 6) is 1.54. The first kappa shape index (κ1) is 17.0. The number of nitrogens with one attached hydrogen (secondary N) is 1. The Labute approximate surface area is 143 Å². The first-order valence-electron chi connectivity index (χ1n) is 6.54. The molecule has 0 aliphatic carbocycles. The van der Waals surface area contributed by atoms with Crippen molar-refractivity contribution in [1.82, 2.24) is 9.97 Å². The molecule has 0 aliphatic heterocycles. The number of fused-ring (bicyclic) bond motifs is 1. The number of aromatic nitrogens is 2. The van der Waals surface area contributed by atoms with Crippen LogP contribution in [0.15, 0.2) is 22.8 Å². The lowest BCUT2D eigenvalue weighted by Crippen LogP contribution is -2.03. The third-order valence-electron chi connectivity index (χ3n) is 3.20. The molecule has 0 amide bonds. The standard InChI is InChI=1S/C14H15ClN4OS.ClH/c1-7-10-12(21-11(7)8(2)16)13(19-14(15)18-10)17-6-9-4-3-5-20-9;/h3-5,8H,6,16H2,1-2H3,(H,17,18,19);1H. The molecule has 0 saturated heterocycles. The average molecular weight is 359 g/mol. The molecule has 0 spiro atoms. The molecule has 0 aromatic carbocycles. The van der Waals surface area contributed by atoms with Gasteiger partial charge in [0.15, 0.2) is 0 Å². The topological polar surface area (TPSA) is 77.0 Å². The Morgan fingerprint density at radius 1 is 1.45 bits per heavy atom. The quantitative estimate of drug-likeness (QED) is 0.679. The van der Waals surface area contributed by atoms with E-state index in [1.165, 1.54) is 0 Å². The van der Waals surface area contributed by atoms with Gasteiger partial charge in [0, 0.05) is 10.9 Å². The maximum absolute atomic E-state index is 6.03. The van der Waals surface area contributed by atoms with Gasteiger partial charge in [-0.25, -0.2) is 4.98 Å². The molecule has 0 radical (unpaired) electrons. The molecule has 3 rings (SSSR count). The Hall–Kier alpha value is -1.34. The number of aryl methyl sites for hydroxylation is 1. The third-order valence-corrected chi connectivity index (χ3v) is 4.86. The summed E-state index contributed by atoms with van der Waals surface area (Å²) in [5.41, 5.74) is 7.93. The summed E-state index contributed by atoms with van der Waals surface area (Å²) < 4.78 is 6.28. The van der Waals surface area contributed by atoms with Crippen molar-refractivity contribution < 1.29 is 4.42 Å². The number of hydrogen-bond donors (Lipinski definition) is 2. The lowest BCUT2D eigenvalue weighted by Gasteiger charge is -2.05. The van der Waals surface area contributed by atoms with Crippen molar-refractivity contribution >= 4 is 51.4 Å². The summed E-state index contributed by atoms with van der Waals surface area (Å²) >= 11 is 7.64. The van der Waals surface area contributed by atoms with Gasteiger partial charge >= 0.3 is 0 Å². The van der Waals surface area contributed by atoms with Gasteiger partial charge in [0.25, 0.3) is 0 Å². The van der Waals surface area contributed by atoms with E-state index in [0.29, 0.717) is 12.4 Å². The molecule has 3 aromatic rings. The second-order valence-corrected chi connectivity index (χ2v) is 6.22. The van der Waals surface area contributed by atoms with Crippen LogP contribution in [0.4, 0.5) is 5.82 Å². The van der Waals surface area contributed by atoms with Crippen LogP contribution in [0.5, 0.6) is 0 Å². The fraction of sp³-hybridized carbons (Fsp3) is 0.286. The Morgan fingerprint density at radius 2 is 2.23 bits per heavy atom. The fourth-order valence-electron chi connectivity index (χ4n) is 2.22. The zero-order chi connectivity index (χ0) is 15.0. The van der Waals surface area contributed by atoms with Gasteiger partial charge in [0.2, 0.25) is 5.28 Å². The number of anilines is 1. The smallest absolute Gasteiger partial charge is 0.224 e. The third kappa shape index (κ3) is 3.20. The molecule has 3 aromatic heterocycles. The molecule has 3 N–H and O–H groups in total. The van der Waals surface area contributed by atoms with E-state index in [0.717, 1.165) is 26.4 Å².